The van der Waals surface area contributed by atoms with Crippen molar-refractivity contribution in [1.82, 2.24) is 5.32 Å². The first kappa shape index (κ1) is 10.3. The van der Waals surface area contributed by atoms with E-state index < -0.39 is 5.92 Å². The quantitative estimate of drug-likeness (QED) is 0.691. The van der Waals surface area contributed by atoms with Gasteiger partial charge in [0.25, 0.3) is 0 Å². The average molecular weight is 203 g/mol. The highest BCUT2D eigenvalue weighted by molar-refractivity contribution is 4.83. The lowest BCUT2D eigenvalue weighted by atomic mass is 9.75. The van der Waals surface area contributed by atoms with Gasteiger partial charge in [-0.2, -0.15) is 0 Å². The number of nitrogens with one attached hydrogen (secondary N) is 1. The smallest absolute Gasteiger partial charge is 0.248 e. The Hall–Kier alpha value is -0.180. The van der Waals surface area contributed by atoms with Crippen molar-refractivity contribution >= 4 is 0 Å². The topological polar surface area (TPSA) is 12.0 Å². The van der Waals surface area contributed by atoms with E-state index in [0.29, 0.717) is 11.8 Å². The van der Waals surface area contributed by atoms with Gasteiger partial charge >= 0.3 is 0 Å². The van der Waals surface area contributed by atoms with Crippen LogP contribution in [0.5, 0.6) is 0 Å². The van der Waals surface area contributed by atoms with Crippen LogP contribution in [0.1, 0.15) is 38.5 Å². The van der Waals surface area contributed by atoms with Crippen LogP contribution in [0.25, 0.3) is 0 Å². The molecule has 1 N–H and O–H groups in total. The van der Waals surface area contributed by atoms with E-state index in [1.54, 1.807) is 0 Å². The molecule has 1 heterocycles. The molecule has 1 nitrogen and oxygen atoms in total. The van der Waals surface area contributed by atoms with Crippen LogP contribution in [0.4, 0.5) is 8.78 Å². The average Bonchev–Trinajstić information content (AvgIpc) is 2.19. The molecule has 3 heteroatoms. The number of halogens is 2. The second-order valence-electron chi connectivity index (χ2n) is 4.78. The standard InChI is InChI=1S/C11H19F2N/c12-11(13)5-1-9(2-6-11)10-3-7-14-8-4-10/h9-10,14H,1-8H2. The van der Waals surface area contributed by atoms with E-state index >= 15 is 0 Å². The highest BCUT2D eigenvalue weighted by atomic mass is 19.3. The Labute approximate surface area is 84.3 Å². The summed E-state index contributed by atoms with van der Waals surface area (Å²) in [4.78, 5) is 0. The number of piperidine rings is 1. The summed E-state index contributed by atoms with van der Waals surface area (Å²) in [5.74, 6) is -1.06. The highest BCUT2D eigenvalue weighted by Crippen LogP contribution is 2.41. The summed E-state index contributed by atoms with van der Waals surface area (Å²) >= 11 is 0. The Morgan fingerprint density at radius 1 is 0.857 bits per heavy atom. The summed E-state index contributed by atoms with van der Waals surface area (Å²) in [5.41, 5.74) is 0. The van der Waals surface area contributed by atoms with Gasteiger partial charge in [0, 0.05) is 12.8 Å². The second-order valence-corrected chi connectivity index (χ2v) is 4.78. The lowest BCUT2D eigenvalue weighted by Gasteiger charge is -2.35. The van der Waals surface area contributed by atoms with Gasteiger partial charge in [0.15, 0.2) is 0 Å². The molecule has 0 unspecified atom stereocenters. The van der Waals surface area contributed by atoms with Gasteiger partial charge in [-0.1, -0.05) is 0 Å². The maximum Gasteiger partial charge on any atom is 0.248 e. The van der Waals surface area contributed by atoms with Crippen molar-refractivity contribution in [3.8, 4) is 0 Å². The van der Waals surface area contributed by atoms with Crippen LogP contribution in [0.15, 0.2) is 0 Å². The van der Waals surface area contributed by atoms with E-state index in [2.05, 4.69) is 5.32 Å². The summed E-state index contributed by atoms with van der Waals surface area (Å²) in [6, 6.07) is 0. The van der Waals surface area contributed by atoms with Crippen LogP contribution < -0.4 is 5.32 Å². The Balaban J connectivity index is 1.82. The molecular formula is C11H19F2N. The predicted molar refractivity (Wildman–Crippen MR) is 52.5 cm³/mol. The highest BCUT2D eigenvalue weighted by Gasteiger charge is 2.37. The number of hydrogen-bond donors (Lipinski definition) is 1. The van der Waals surface area contributed by atoms with Gasteiger partial charge in [0.05, 0.1) is 0 Å². The first-order chi connectivity index (χ1) is 6.67. The van der Waals surface area contributed by atoms with Gasteiger partial charge in [-0.05, 0) is 50.6 Å². The lowest BCUT2D eigenvalue weighted by Crippen LogP contribution is -2.35. The third-order valence-electron chi connectivity index (χ3n) is 3.81. The van der Waals surface area contributed by atoms with E-state index in [4.69, 9.17) is 0 Å². The molecule has 1 aliphatic heterocycles. The number of hydrogen-bond acceptors (Lipinski definition) is 1. The fourth-order valence-corrected chi connectivity index (χ4v) is 2.85. The molecule has 0 spiro atoms. The van der Waals surface area contributed by atoms with E-state index in [1.165, 1.54) is 12.8 Å². The summed E-state index contributed by atoms with van der Waals surface area (Å²) < 4.78 is 25.9. The van der Waals surface area contributed by atoms with Crippen molar-refractivity contribution in [2.75, 3.05) is 13.1 Å². The fraction of sp³-hybridized carbons (Fsp3) is 1.00. The van der Waals surface area contributed by atoms with E-state index in [-0.39, 0.29) is 12.8 Å². The molecule has 82 valence electrons. The van der Waals surface area contributed by atoms with Gasteiger partial charge in [0.1, 0.15) is 0 Å². The van der Waals surface area contributed by atoms with Gasteiger partial charge < -0.3 is 5.32 Å². The van der Waals surface area contributed by atoms with Crippen LogP contribution in [0.3, 0.4) is 0 Å². The fourth-order valence-electron chi connectivity index (χ4n) is 2.85. The van der Waals surface area contributed by atoms with Crippen molar-refractivity contribution < 1.29 is 8.78 Å². The zero-order valence-electron chi connectivity index (χ0n) is 8.57. The molecule has 0 radical (unpaired) electrons. The molecule has 0 bridgehead atoms. The van der Waals surface area contributed by atoms with Crippen LogP contribution in [0.2, 0.25) is 0 Å². The number of rotatable bonds is 1. The maximum absolute atomic E-state index is 12.9. The zero-order chi connectivity index (χ0) is 10.0. The van der Waals surface area contributed by atoms with Crippen molar-refractivity contribution in [1.29, 1.82) is 0 Å². The molecule has 14 heavy (non-hydrogen) atoms. The van der Waals surface area contributed by atoms with Crippen LogP contribution in [0, 0.1) is 11.8 Å². The van der Waals surface area contributed by atoms with Crippen LogP contribution in [-0.2, 0) is 0 Å². The van der Waals surface area contributed by atoms with E-state index in [1.807, 2.05) is 0 Å². The van der Waals surface area contributed by atoms with Gasteiger partial charge in [-0.15, -0.1) is 0 Å². The minimum Gasteiger partial charge on any atom is -0.317 e. The summed E-state index contributed by atoms with van der Waals surface area (Å²) in [6.45, 7) is 2.16. The maximum atomic E-state index is 12.9. The molecular weight excluding hydrogens is 184 g/mol. The molecule has 1 saturated carbocycles. The predicted octanol–water partition coefficient (Wildman–Crippen LogP) is 2.81. The molecule has 0 amide bonds. The first-order valence-electron chi connectivity index (χ1n) is 5.76. The second kappa shape index (κ2) is 4.13. The van der Waals surface area contributed by atoms with Gasteiger partial charge in [0.2, 0.25) is 5.92 Å². The van der Waals surface area contributed by atoms with E-state index in [9.17, 15) is 8.78 Å². The molecule has 2 aliphatic rings. The normalized spacial score (nSPS) is 30.4. The Bertz CT molecular complexity index is 178. The Morgan fingerprint density at radius 3 is 1.93 bits per heavy atom. The SMILES string of the molecule is FC1(F)CCC(C2CCNCC2)CC1. The molecule has 2 fully saturated rings. The number of alkyl halides is 2. The summed E-state index contributed by atoms with van der Waals surface area (Å²) in [5, 5.41) is 3.32. The molecule has 0 aromatic carbocycles. The molecule has 0 aromatic rings. The first-order valence-corrected chi connectivity index (χ1v) is 5.76. The molecule has 0 aromatic heterocycles. The third-order valence-corrected chi connectivity index (χ3v) is 3.81. The van der Waals surface area contributed by atoms with Crippen molar-refractivity contribution in [2.24, 2.45) is 11.8 Å². The third kappa shape index (κ3) is 2.44. The van der Waals surface area contributed by atoms with Crippen molar-refractivity contribution in [2.45, 2.75) is 44.4 Å². The Kier molecular flexibility index (Phi) is 3.05. The van der Waals surface area contributed by atoms with Crippen LogP contribution >= 0.6 is 0 Å². The molecule has 2 rings (SSSR count). The minimum atomic E-state index is -2.36. The largest absolute Gasteiger partial charge is 0.317 e. The minimum absolute atomic E-state index is 0.127. The molecule has 1 aliphatic carbocycles. The van der Waals surface area contributed by atoms with E-state index in [0.717, 1.165) is 25.9 Å². The Morgan fingerprint density at radius 2 is 1.36 bits per heavy atom. The van der Waals surface area contributed by atoms with Crippen LogP contribution in [-0.4, -0.2) is 19.0 Å². The summed E-state index contributed by atoms with van der Waals surface area (Å²) in [7, 11) is 0. The molecule has 1 saturated heterocycles. The lowest BCUT2D eigenvalue weighted by molar-refractivity contribution is -0.0537. The van der Waals surface area contributed by atoms with Crippen molar-refractivity contribution in [3.05, 3.63) is 0 Å². The van der Waals surface area contributed by atoms with Gasteiger partial charge in [-0.25, -0.2) is 8.78 Å². The molecule has 0 atom stereocenters. The van der Waals surface area contributed by atoms with Gasteiger partial charge in [-0.3, -0.25) is 0 Å². The van der Waals surface area contributed by atoms with Crippen molar-refractivity contribution in [3.63, 3.8) is 0 Å². The summed E-state index contributed by atoms with van der Waals surface area (Å²) in [6.07, 6.45) is 4.13. The monoisotopic (exact) mass is 203 g/mol. The zero-order valence-corrected chi connectivity index (χ0v) is 8.57.